The van der Waals surface area contributed by atoms with E-state index in [0.717, 1.165) is 17.7 Å². The van der Waals surface area contributed by atoms with Gasteiger partial charge in [0.25, 0.3) is 0 Å². The van der Waals surface area contributed by atoms with Crippen LogP contribution in [0.25, 0.3) is 10.9 Å². The number of nitrogens with one attached hydrogen (secondary N) is 1. The lowest BCUT2D eigenvalue weighted by atomic mass is 10.1. The first kappa shape index (κ1) is 12.0. The highest BCUT2D eigenvalue weighted by atomic mass is 16.5. The van der Waals surface area contributed by atoms with Crippen LogP contribution in [0.2, 0.25) is 0 Å². The van der Waals surface area contributed by atoms with Crippen molar-refractivity contribution in [3.05, 3.63) is 30.0 Å². The summed E-state index contributed by atoms with van der Waals surface area (Å²) < 4.78 is 5.71. The number of hydrogen-bond acceptors (Lipinski definition) is 2. The van der Waals surface area contributed by atoms with Gasteiger partial charge in [0.2, 0.25) is 0 Å². The summed E-state index contributed by atoms with van der Waals surface area (Å²) in [6.45, 7) is 6.08. The predicted molar refractivity (Wildman–Crippen MR) is 71.4 cm³/mol. The average Bonchev–Trinajstić information content (AvgIpc) is 2.59. The van der Waals surface area contributed by atoms with Crippen molar-refractivity contribution >= 4 is 10.9 Å². The highest BCUT2D eigenvalue weighted by Crippen LogP contribution is 2.25. The lowest BCUT2D eigenvalue weighted by Crippen LogP contribution is -2.17. The van der Waals surface area contributed by atoms with E-state index >= 15 is 0 Å². The number of ether oxygens (including phenoxy) is 1. The Kier molecular flexibility index (Phi) is 3.38. The second-order valence-electron chi connectivity index (χ2n) is 4.87. The molecule has 2 aromatic rings. The molecule has 0 spiro atoms. The number of hydrogen-bond donors (Lipinski definition) is 2. The summed E-state index contributed by atoms with van der Waals surface area (Å²) >= 11 is 0. The summed E-state index contributed by atoms with van der Waals surface area (Å²) in [5.74, 6) is 0.915. The molecule has 1 aromatic carbocycles. The first-order chi connectivity index (χ1) is 8.06. The Labute approximate surface area is 102 Å². The molecule has 0 aliphatic rings. The van der Waals surface area contributed by atoms with E-state index in [4.69, 9.17) is 10.5 Å². The van der Waals surface area contributed by atoms with E-state index in [2.05, 4.69) is 17.1 Å². The smallest absolute Gasteiger partial charge is 0.120 e. The van der Waals surface area contributed by atoms with Crippen LogP contribution in [0.5, 0.6) is 5.75 Å². The second kappa shape index (κ2) is 4.80. The topological polar surface area (TPSA) is 51.0 Å². The molecule has 1 aromatic heterocycles. The zero-order valence-electron chi connectivity index (χ0n) is 10.7. The molecule has 2 rings (SSSR count). The number of nitrogens with two attached hydrogens (primary N) is 1. The molecule has 0 saturated carbocycles. The largest absolute Gasteiger partial charge is 0.491 e. The Bertz CT molecular complexity index is 500. The van der Waals surface area contributed by atoms with Gasteiger partial charge in [-0.2, -0.15) is 0 Å². The van der Waals surface area contributed by atoms with Crippen molar-refractivity contribution in [3.8, 4) is 5.75 Å². The molecule has 3 heteroatoms. The van der Waals surface area contributed by atoms with Gasteiger partial charge in [-0.15, -0.1) is 0 Å². The highest BCUT2D eigenvalue weighted by molar-refractivity contribution is 5.84. The Balaban J connectivity index is 2.36. The number of benzene rings is 1. The van der Waals surface area contributed by atoms with Gasteiger partial charge in [-0.1, -0.05) is 0 Å². The number of aromatic amines is 1. The van der Waals surface area contributed by atoms with Crippen molar-refractivity contribution in [1.29, 1.82) is 0 Å². The van der Waals surface area contributed by atoms with Crippen LogP contribution < -0.4 is 10.5 Å². The molecule has 1 unspecified atom stereocenters. The molecule has 0 fully saturated rings. The lowest BCUT2D eigenvalue weighted by Gasteiger charge is -2.10. The van der Waals surface area contributed by atoms with Gasteiger partial charge in [-0.3, -0.25) is 0 Å². The summed E-state index contributed by atoms with van der Waals surface area (Å²) in [5.41, 5.74) is 8.24. The fourth-order valence-corrected chi connectivity index (χ4v) is 2.02. The molecule has 0 aliphatic carbocycles. The molecule has 3 N–H and O–H groups in total. The zero-order chi connectivity index (χ0) is 12.4. The van der Waals surface area contributed by atoms with Gasteiger partial charge >= 0.3 is 0 Å². The van der Waals surface area contributed by atoms with E-state index in [0.29, 0.717) is 0 Å². The SMILES string of the molecule is CC(N)Cc1c[nH]c2ccc(OC(C)C)cc12. The molecular formula is C14H20N2O. The minimum Gasteiger partial charge on any atom is -0.491 e. The van der Waals surface area contributed by atoms with Crippen LogP contribution in [-0.4, -0.2) is 17.1 Å². The maximum Gasteiger partial charge on any atom is 0.120 e. The van der Waals surface area contributed by atoms with Crippen LogP contribution in [0.1, 0.15) is 26.3 Å². The standard InChI is InChI=1S/C14H20N2O/c1-9(2)17-12-4-5-14-13(7-12)11(8-16-14)6-10(3)15/h4-5,7-10,16H,6,15H2,1-3H3. The van der Waals surface area contributed by atoms with Crippen LogP contribution in [-0.2, 0) is 6.42 Å². The summed E-state index contributed by atoms with van der Waals surface area (Å²) in [6, 6.07) is 6.30. The van der Waals surface area contributed by atoms with Gasteiger partial charge in [-0.05, 0) is 51.0 Å². The minimum absolute atomic E-state index is 0.170. The van der Waals surface area contributed by atoms with E-state index in [9.17, 15) is 0 Å². The molecule has 0 aliphatic heterocycles. The van der Waals surface area contributed by atoms with Crippen molar-refractivity contribution < 1.29 is 4.74 Å². The zero-order valence-corrected chi connectivity index (χ0v) is 10.7. The molecule has 92 valence electrons. The van der Waals surface area contributed by atoms with Gasteiger partial charge in [0.05, 0.1) is 6.10 Å². The lowest BCUT2D eigenvalue weighted by molar-refractivity contribution is 0.243. The molecule has 0 radical (unpaired) electrons. The molecule has 3 nitrogen and oxygen atoms in total. The summed E-state index contributed by atoms with van der Waals surface area (Å²) in [7, 11) is 0. The minimum atomic E-state index is 0.170. The number of H-pyrrole nitrogens is 1. The Morgan fingerprint density at radius 1 is 1.29 bits per heavy atom. The Morgan fingerprint density at radius 3 is 2.71 bits per heavy atom. The summed E-state index contributed by atoms with van der Waals surface area (Å²) in [5, 5.41) is 1.21. The molecule has 0 saturated heterocycles. The van der Waals surface area contributed by atoms with Gasteiger partial charge < -0.3 is 15.5 Å². The Hall–Kier alpha value is -1.48. The van der Waals surface area contributed by atoms with Crippen LogP contribution >= 0.6 is 0 Å². The van der Waals surface area contributed by atoms with Crippen LogP contribution in [0.15, 0.2) is 24.4 Å². The van der Waals surface area contributed by atoms with Crippen molar-refractivity contribution in [3.63, 3.8) is 0 Å². The van der Waals surface area contributed by atoms with E-state index in [1.54, 1.807) is 0 Å². The summed E-state index contributed by atoms with van der Waals surface area (Å²) in [4.78, 5) is 3.26. The average molecular weight is 232 g/mol. The van der Waals surface area contributed by atoms with E-state index in [1.807, 2.05) is 33.0 Å². The van der Waals surface area contributed by atoms with Crippen LogP contribution in [0.3, 0.4) is 0 Å². The van der Waals surface area contributed by atoms with Gasteiger partial charge in [0, 0.05) is 23.1 Å². The van der Waals surface area contributed by atoms with Crippen molar-refractivity contribution in [2.45, 2.75) is 39.3 Å². The molecule has 1 atom stereocenters. The van der Waals surface area contributed by atoms with Gasteiger partial charge in [0.1, 0.15) is 5.75 Å². The monoisotopic (exact) mass is 232 g/mol. The summed E-state index contributed by atoms with van der Waals surface area (Å²) in [6.07, 6.45) is 3.11. The van der Waals surface area contributed by atoms with Gasteiger partial charge in [-0.25, -0.2) is 0 Å². The number of rotatable bonds is 4. The van der Waals surface area contributed by atoms with Crippen molar-refractivity contribution in [2.24, 2.45) is 5.73 Å². The molecule has 17 heavy (non-hydrogen) atoms. The first-order valence-electron chi connectivity index (χ1n) is 6.08. The maximum absolute atomic E-state index is 5.85. The van der Waals surface area contributed by atoms with Crippen LogP contribution in [0.4, 0.5) is 0 Å². The number of fused-ring (bicyclic) bond motifs is 1. The normalized spacial score (nSPS) is 13.2. The number of aromatic nitrogens is 1. The van der Waals surface area contributed by atoms with E-state index < -0.39 is 0 Å². The maximum atomic E-state index is 5.85. The third-order valence-electron chi connectivity index (χ3n) is 2.65. The fraction of sp³-hybridized carbons (Fsp3) is 0.429. The van der Waals surface area contributed by atoms with Crippen LogP contribution in [0, 0.1) is 0 Å². The Morgan fingerprint density at radius 2 is 2.06 bits per heavy atom. The van der Waals surface area contributed by atoms with Crippen molar-refractivity contribution in [2.75, 3.05) is 0 Å². The third-order valence-corrected chi connectivity index (χ3v) is 2.65. The molecular weight excluding hydrogens is 212 g/mol. The van der Waals surface area contributed by atoms with E-state index in [-0.39, 0.29) is 12.1 Å². The fourth-order valence-electron chi connectivity index (χ4n) is 2.02. The third kappa shape index (κ3) is 2.80. The molecule has 1 heterocycles. The second-order valence-corrected chi connectivity index (χ2v) is 4.87. The van der Waals surface area contributed by atoms with E-state index in [1.165, 1.54) is 10.9 Å². The predicted octanol–water partition coefficient (Wildman–Crippen LogP) is 2.84. The van der Waals surface area contributed by atoms with Crippen molar-refractivity contribution in [1.82, 2.24) is 4.98 Å². The molecule has 0 amide bonds. The highest BCUT2D eigenvalue weighted by Gasteiger charge is 2.07. The van der Waals surface area contributed by atoms with Gasteiger partial charge in [0.15, 0.2) is 0 Å². The molecule has 0 bridgehead atoms. The first-order valence-corrected chi connectivity index (χ1v) is 6.08. The quantitative estimate of drug-likeness (QED) is 0.851.